The summed E-state index contributed by atoms with van der Waals surface area (Å²) in [5.74, 6) is 1.35. The Morgan fingerprint density at radius 2 is 1.75 bits per heavy atom. The molecule has 0 radical (unpaired) electrons. The summed E-state index contributed by atoms with van der Waals surface area (Å²) in [6.45, 7) is 1.04. The number of benzene rings is 2. The van der Waals surface area contributed by atoms with Crippen LogP contribution in [0.3, 0.4) is 0 Å². The summed E-state index contributed by atoms with van der Waals surface area (Å²) in [6.07, 6.45) is 0.728. The van der Waals surface area contributed by atoms with Gasteiger partial charge in [0.15, 0.2) is 0 Å². The van der Waals surface area contributed by atoms with Gasteiger partial charge >= 0.3 is 0 Å². The van der Waals surface area contributed by atoms with Crippen molar-refractivity contribution >= 4 is 11.6 Å². The van der Waals surface area contributed by atoms with Crippen molar-refractivity contribution in [3.8, 4) is 17.6 Å². The maximum atomic E-state index is 8.96. The van der Waals surface area contributed by atoms with E-state index in [9.17, 15) is 0 Å². The second kappa shape index (κ2) is 7.42. The molecule has 0 unspecified atom stereocenters. The molecule has 2 aromatic carbocycles. The maximum Gasteiger partial charge on any atom is 0.138 e. The molecule has 0 amide bonds. The van der Waals surface area contributed by atoms with E-state index in [1.165, 1.54) is 0 Å². The number of hydrogen-bond donors (Lipinski definition) is 0. The zero-order chi connectivity index (χ0) is 14.2. The molecule has 0 bridgehead atoms. The van der Waals surface area contributed by atoms with Crippen molar-refractivity contribution in [2.75, 3.05) is 13.2 Å². The molecule has 102 valence electrons. The number of nitrogens with zero attached hydrogens (tertiary/aromatic N) is 1. The predicted octanol–water partition coefficient (Wildman–Crippen LogP) is 4.06. The molecule has 0 aliphatic heterocycles. The van der Waals surface area contributed by atoms with Gasteiger partial charge in [-0.05, 0) is 24.3 Å². The summed E-state index contributed by atoms with van der Waals surface area (Å²) in [6, 6.07) is 16.7. The van der Waals surface area contributed by atoms with Gasteiger partial charge in [-0.2, -0.15) is 5.26 Å². The van der Waals surface area contributed by atoms with Crippen LogP contribution in [0.5, 0.6) is 11.5 Å². The third kappa shape index (κ3) is 4.18. The van der Waals surface area contributed by atoms with Crippen LogP contribution in [0.1, 0.15) is 12.0 Å². The Balaban J connectivity index is 1.76. The predicted molar refractivity (Wildman–Crippen MR) is 78.2 cm³/mol. The molecule has 0 aliphatic carbocycles. The Kier molecular flexibility index (Phi) is 5.28. The van der Waals surface area contributed by atoms with E-state index in [0.29, 0.717) is 29.5 Å². The highest BCUT2D eigenvalue weighted by molar-refractivity contribution is 6.30. The average Bonchev–Trinajstić information content (AvgIpc) is 2.48. The Labute approximate surface area is 123 Å². The zero-order valence-corrected chi connectivity index (χ0v) is 11.6. The number of ether oxygens (including phenoxy) is 2. The minimum absolute atomic E-state index is 0.474. The number of rotatable bonds is 6. The molecule has 0 saturated carbocycles. The Bertz CT molecular complexity index is 593. The molecule has 0 N–H and O–H groups in total. The fourth-order valence-electron chi connectivity index (χ4n) is 1.66. The van der Waals surface area contributed by atoms with Crippen molar-refractivity contribution in [2.24, 2.45) is 0 Å². The molecular weight excluding hydrogens is 274 g/mol. The van der Waals surface area contributed by atoms with Crippen LogP contribution in [0.4, 0.5) is 0 Å². The van der Waals surface area contributed by atoms with Crippen molar-refractivity contribution in [2.45, 2.75) is 6.42 Å². The number of halogens is 1. The monoisotopic (exact) mass is 287 g/mol. The van der Waals surface area contributed by atoms with Crippen LogP contribution in [0.15, 0.2) is 48.5 Å². The lowest BCUT2D eigenvalue weighted by atomic mass is 10.2. The molecular formula is C16H14ClNO2. The first-order valence-corrected chi connectivity index (χ1v) is 6.67. The van der Waals surface area contributed by atoms with Crippen LogP contribution in [0.2, 0.25) is 5.02 Å². The van der Waals surface area contributed by atoms with Gasteiger partial charge in [-0.1, -0.05) is 29.8 Å². The van der Waals surface area contributed by atoms with E-state index in [0.717, 1.165) is 12.2 Å². The van der Waals surface area contributed by atoms with Gasteiger partial charge in [0, 0.05) is 17.5 Å². The maximum absolute atomic E-state index is 8.96. The SMILES string of the molecule is N#Cc1ccc(Cl)cc1OCCCOc1ccccc1. The lowest BCUT2D eigenvalue weighted by molar-refractivity contribution is 0.247. The normalized spacial score (nSPS) is 9.80. The fraction of sp³-hybridized carbons (Fsp3) is 0.188. The largest absolute Gasteiger partial charge is 0.493 e. The highest BCUT2D eigenvalue weighted by atomic mass is 35.5. The van der Waals surface area contributed by atoms with Crippen LogP contribution in [-0.2, 0) is 0 Å². The first-order chi connectivity index (χ1) is 9.79. The quantitative estimate of drug-likeness (QED) is 0.753. The smallest absolute Gasteiger partial charge is 0.138 e. The number of hydrogen-bond acceptors (Lipinski definition) is 3. The van der Waals surface area contributed by atoms with Gasteiger partial charge < -0.3 is 9.47 Å². The van der Waals surface area contributed by atoms with Gasteiger partial charge in [-0.15, -0.1) is 0 Å². The second-order valence-electron chi connectivity index (χ2n) is 4.12. The Morgan fingerprint density at radius 1 is 1.00 bits per heavy atom. The second-order valence-corrected chi connectivity index (χ2v) is 4.55. The third-order valence-electron chi connectivity index (χ3n) is 2.62. The lowest BCUT2D eigenvalue weighted by Gasteiger charge is -2.09. The van der Waals surface area contributed by atoms with Gasteiger partial charge in [0.05, 0.1) is 18.8 Å². The van der Waals surface area contributed by atoms with Crippen LogP contribution in [-0.4, -0.2) is 13.2 Å². The topological polar surface area (TPSA) is 42.2 Å². The van der Waals surface area contributed by atoms with Crippen LogP contribution in [0, 0.1) is 11.3 Å². The van der Waals surface area contributed by atoms with Gasteiger partial charge in [-0.3, -0.25) is 0 Å². The average molecular weight is 288 g/mol. The lowest BCUT2D eigenvalue weighted by Crippen LogP contribution is -2.05. The summed E-state index contributed by atoms with van der Waals surface area (Å²) >= 11 is 5.88. The van der Waals surface area contributed by atoms with E-state index in [2.05, 4.69) is 6.07 Å². The third-order valence-corrected chi connectivity index (χ3v) is 2.86. The van der Waals surface area contributed by atoms with E-state index >= 15 is 0 Å². The summed E-state index contributed by atoms with van der Waals surface area (Å²) in [4.78, 5) is 0. The van der Waals surface area contributed by atoms with Gasteiger partial charge in [0.25, 0.3) is 0 Å². The molecule has 3 nitrogen and oxygen atoms in total. The molecule has 0 saturated heterocycles. The van der Waals surface area contributed by atoms with E-state index in [1.807, 2.05) is 30.3 Å². The summed E-state index contributed by atoms with van der Waals surface area (Å²) in [5, 5.41) is 9.52. The molecule has 0 heterocycles. The van der Waals surface area contributed by atoms with Crippen LogP contribution in [0.25, 0.3) is 0 Å². The van der Waals surface area contributed by atoms with E-state index in [1.54, 1.807) is 18.2 Å². The van der Waals surface area contributed by atoms with Gasteiger partial charge in [0.1, 0.15) is 17.6 Å². The molecule has 0 aliphatic rings. The first-order valence-electron chi connectivity index (χ1n) is 6.30. The zero-order valence-electron chi connectivity index (χ0n) is 10.9. The molecule has 4 heteroatoms. The van der Waals surface area contributed by atoms with E-state index in [4.69, 9.17) is 26.3 Å². The Morgan fingerprint density at radius 3 is 2.50 bits per heavy atom. The molecule has 0 aromatic heterocycles. The highest BCUT2D eigenvalue weighted by Gasteiger charge is 2.04. The van der Waals surface area contributed by atoms with Crippen molar-refractivity contribution < 1.29 is 9.47 Å². The van der Waals surface area contributed by atoms with Crippen LogP contribution < -0.4 is 9.47 Å². The fourth-order valence-corrected chi connectivity index (χ4v) is 1.82. The van der Waals surface area contributed by atoms with Gasteiger partial charge in [-0.25, -0.2) is 0 Å². The standard InChI is InChI=1S/C16H14ClNO2/c17-14-8-7-13(12-18)16(11-14)20-10-4-9-19-15-5-2-1-3-6-15/h1-3,5-8,11H,4,9-10H2. The molecule has 0 spiro atoms. The highest BCUT2D eigenvalue weighted by Crippen LogP contribution is 2.22. The summed E-state index contributed by atoms with van der Waals surface area (Å²) in [5.41, 5.74) is 0.485. The van der Waals surface area contributed by atoms with E-state index < -0.39 is 0 Å². The van der Waals surface area contributed by atoms with Crippen molar-refractivity contribution in [1.82, 2.24) is 0 Å². The summed E-state index contributed by atoms with van der Waals surface area (Å²) < 4.78 is 11.1. The summed E-state index contributed by atoms with van der Waals surface area (Å²) in [7, 11) is 0. The van der Waals surface area contributed by atoms with Gasteiger partial charge in [0.2, 0.25) is 0 Å². The van der Waals surface area contributed by atoms with Crippen LogP contribution >= 0.6 is 11.6 Å². The minimum atomic E-state index is 0.474. The number of nitriles is 1. The molecule has 2 rings (SSSR count). The minimum Gasteiger partial charge on any atom is -0.493 e. The molecule has 20 heavy (non-hydrogen) atoms. The Hall–Kier alpha value is -2.18. The number of para-hydroxylation sites is 1. The molecule has 0 atom stereocenters. The van der Waals surface area contributed by atoms with Crippen molar-refractivity contribution in [3.05, 3.63) is 59.1 Å². The first kappa shape index (κ1) is 14.2. The van der Waals surface area contributed by atoms with Crippen molar-refractivity contribution in [1.29, 1.82) is 5.26 Å². The molecule has 0 fully saturated rings. The van der Waals surface area contributed by atoms with Crippen molar-refractivity contribution in [3.63, 3.8) is 0 Å². The molecule has 2 aromatic rings. The van der Waals surface area contributed by atoms with E-state index in [-0.39, 0.29) is 0 Å².